The van der Waals surface area contributed by atoms with Crippen LogP contribution in [0.15, 0.2) is 29.6 Å². The highest BCUT2D eigenvalue weighted by molar-refractivity contribution is 7.09. The molecule has 0 aliphatic heterocycles. The van der Waals surface area contributed by atoms with Gasteiger partial charge < -0.3 is 10.6 Å². The Balaban J connectivity index is 1.74. The third-order valence-corrected chi connectivity index (χ3v) is 4.92. The summed E-state index contributed by atoms with van der Waals surface area (Å²) in [5.41, 5.74) is 5.87. The number of carbonyl (C=O) groups is 1. The highest BCUT2D eigenvalue weighted by Crippen LogP contribution is 2.32. The van der Waals surface area contributed by atoms with Crippen LogP contribution < -0.4 is 5.73 Å². The Morgan fingerprint density at radius 3 is 2.52 bits per heavy atom. The number of rotatable bonds is 6. The summed E-state index contributed by atoms with van der Waals surface area (Å²) in [7, 11) is 0. The molecule has 25 heavy (non-hydrogen) atoms. The van der Waals surface area contributed by atoms with Crippen LogP contribution in [0.1, 0.15) is 39.5 Å². The summed E-state index contributed by atoms with van der Waals surface area (Å²) in [6.45, 7) is 0.754. The molecule has 0 radical (unpaired) electrons. The monoisotopic (exact) mass is 369 g/mol. The van der Waals surface area contributed by atoms with Crippen LogP contribution in [0.4, 0.5) is 13.2 Å². The van der Waals surface area contributed by atoms with Gasteiger partial charge in [0.25, 0.3) is 5.91 Å². The second-order valence-electron chi connectivity index (χ2n) is 6.02. The van der Waals surface area contributed by atoms with Crippen LogP contribution in [0, 0.1) is 0 Å². The molecule has 1 aromatic carbocycles. The van der Waals surface area contributed by atoms with Crippen molar-refractivity contribution in [2.45, 2.75) is 38.0 Å². The second kappa shape index (κ2) is 7.13. The van der Waals surface area contributed by atoms with Gasteiger partial charge in [-0.25, -0.2) is 4.98 Å². The fourth-order valence-corrected chi connectivity index (χ4v) is 3.33. The summed E-state index contributed by atoms with van der Waals surface area (Å²) < 4.78 is 38.0. The lowest BCUT2D eigenvalue weighted by Crippen LogP contribution is -2.32. The number of hydrogen-bond acceptors (Lipinski definition) is 4. The quantitative estimate of drug-likeness (QED) is 0.848. The molecule has 2 N–H and O–H groups in total. The van der Waals surface area contributed by atoms with Gasteiger partial charge in [-0.1, -0.05) is 12.1 Å². The molecule has 1 heterocycles. The lowest BCUT2D eigenvalue weighted by molar-refractivity contribution is -0.137. The van der Waals surface area contributed by atoms with E-state index in [1.807, 2.05) is 0 Å². The predicted molar refractivity (Wildman–Crippen MR) is 89.2 cm³/mol. The fourth-order valence-electron chi connectivity index (χ4n) is 2.54. The number of aromatic nitrogens is 1. The van der Waals surface area contributed by atoms with Gasteiger partial charge in [-0.2, -0.15) is 13.2 Å². The zero-order valence-corrected chi connectivity index (χ0v) is 14.2. The normalized spacial score (nSPS) is 14.6. The summed E-state index contributed by atoms with van der Waals surface area (Å²) in [5, 5.41) is 2.53. The third-order valence-electron chi connectivity index (χ3n) is 4.01. The summed E-state index contributed by atoms with van der Waals surface area (Å²) in [4.78, 5) is 18.7. The van der Waals surface area contributed by atoms with Crippen molar-refractivity contribution >= 4 is 17.2 Å². The molecule has 134 valence electrons. The zero-order chi connectivity index (χ0) is 18.0. The van der Waals surface area contributed by atoms with E-state index >= 15 is 0 Å². The van der Waals surface area contributed by atoms with Gasteiger partial charge in [-0.3, -0.25) is 4.79 Å². The molecule has 0 atom stereocenters. The van der Waals surface area contributed by atoms with Crippen molar-refractivity contribution in [3.63, 3.8) is 0 Å². The van der Waals surface area contributed by atoms with E-state index in [0.29, 0.717) is 24.2 Å². The number of nitrogens with zero attached hydrogens (tertiary/aromatic N) is 2. The van der Waals surface area contributed by atoms with Gasteiger partial charge in [0.15, 0.2) is 0 Å². The molecule has 1 fully saturated rings. The van der Waals surface area contributed by atoms with E-state index in [1.54, 1.807) is 10.3 Å². The molecule has 2 aromatic rings. The van der Waals surface area contributed by atoms with Crippen LogP contribution in [0.5, 0.6) is 0 Å². The average molecular weight is 369 g/mol. The molecule has 0 bridgehead atoms. The minimum absolute atomic E-state index is 0.134. The Bertz CT molecular complexity index is 738. The SMILES string of the molecule is NCCc1nc(C(=O)N(Cc2ccc(C(F)(F)F)cc2)C2CC2)cs1. The molecular formula is C17H18F3N3OS. The Morgan fingerprint density at radius 2 is 1.96 bits per heavy atom. The average Bonchev–Trinajstić information content (AvgIpc) is 3.30. The maximum atomic E-state index is 12.7. The van der Waals surface area contributed by atoms with Gasteiger partial charge in [0.2, 0.25) is 0 Å². The molecule has 1 amide bonds. The van der Waals surface area contributed by atoms with Crippen LogP contribution in [-0.4, -0.2) is 28.4 Å². The minimum Gasteiger partial charge on any atom is -0.330 e. The number of amides is 1. The van der Waals surface area contributed by atoms with E-state index in [0.717, 1.165) is 30.0 Å². The fraction of sp³-hybridized carbons (Fsp3) is 0.412. The van der Waals surface area contributed by atoms with Crippen molar-refractivity contribution in [2.75, 3.05) is 6.54 Å². The maximum Gasteiger partial charge on any atom is 0.416 e. The van der Waals surface area contributed by atoms with Crippen LogP contribution in [0.3, 0.4) is 0 Å². The van der Waals surface area contributed by atoms with Crippen LogP contribution in [0.2, 0.25) is 0 Å². The topological polar surface area (TPSA) is 59.2 Å². The Morgan fingerprint density at radius 1 is 1.28 bits per heavy atom. The minimum atomic E-state index is -4.36. The summed E-state index contributed by atoms with van der Waals surface area (Å²) in [6.07, 6.45) is -1.91. The first kappa shape index (κ1) is 17.9. The van der Waals surface area contributed by atoms with E-state index in [-0.39, 0.29) is 18.5 Å². The molecule has 0 unspecified atom stereocenters. The molecule has 1 saturated carbocycles. The van der Waals surface area contributed by atoms with Crippen LogP contribution in [0.25, 0.3) is 0 Å². The van der Waals surface area contributed by atoms with Crippen molar-refractivity contribution < 1.29 is 18.0 Å². The molecule has 4 nitrogen and oxygen atoms in total. The van der Waals surface area contributed by atoms with Gasteiger partial charge >= 0.3 is 6.18 Å². The van der Waals surface area contributed by atoms with E-state index in [4.69, 9.17) is 5.73 Å². The molecule has 3 rings (SSSR count). The number of carbonyl (C=O) groups excluding carboxylic acids is 1. The maximum absolute atomic E-state index is 12.7. The molecular weight excluding hydrogens is 351 g/mol. The molecule has 1 aromatic heterocycles. The highest BCUT2D eigenvalue weighted by Gasteiger charge is 2.34. The molecule has 0 saturated heterocycles. The van der Waals surface area contributed by atoms with Crippen molar-refractivity contribution in [2.24, 2.45) is 5.73 Å². The molecule has 1 aliphatic rings. The second-order valence-corrected chi connectivity index (χ2v) is 6.97. The van der Waals surface area contributed by atoms with Crippen molar-refractivity contribution in [1.29, 1.82) is 0 Å². The van der Waals surface area contributed by atoms with Gasteiger partial charge in [-0.05, 0) is 37.1 Å². The molecule has 0 spiro atoms. The molecule has 1 aliphatic carbocycles. The summed E-state index contributed by atoms with van der Waals surface area (Å²) in [5.74, 6) is -0.179. The van der Waals surface area contributed by atoms with Crippen molar-refractivity contribution in [3.8, 4) is 0 Å². The first-order valence-corrected chi connectivity index (χ1v) is 8.88. The Hall–Kier alpha value is -1.93. The largest absolute Gasteiger partial charge is 0.416 e. The van der Waals surface area contributed by atoms with Crippen molar-refractivity contribution in [1.82, 2.24) is 9.88 Å². The summed E-state index contributed by atoms with van der Waals surface area (Å²) >= 11 is 1.40. The number of thiazole rings is 1. The lowest BCUT2D eigenvalue weighted by Gasteiger charge is -2.22. The van der Waals surface area contributed by atoms with Gasteiger partial charge in [0, 0.05) is 24.4 Å². The highest BCUT2D eigenvalue weighted by atomic mass is 32.1. The number of nitrogens with two attached hydrogens (primary N) is 1. The predicted octanol–water partition coefficient (Wildman–Crippen LogP) is 3.47. The van der Waals surface area contributed by atoms with Gasteiger partial charge in [0.05, 0.1) is 10.6 Å². The van der Waals surface area contributed by atoms with E-state index in [9.17, 15) is 18.0 Å². The smallest absolute Gasteiger partial charge is 0.330 e. The zero-order valence-electron chi connectivity index (χ0n) is 13.4. The van der Waals surface area contributed by atoms with E-state index in [2.05, 4.69) is 4.98 Å². The number of hydrogen-bond donors (Lipinski definition) is 1. The Labute approximate surface area is 147 Å². The first-order chi connectivity index (χ1) is 11.9. The summed E-state index contributed by atoms with van der Waals surface area (Å²) in [6, 6.07) is 5.08. The van der Waals surface area contributed by atoms with E-state index in [1.165, 1.54) is 23.5 Å². The standard InChI is InChI=1S/C17H18F3N3OS/c18-17(19,20)12-3-1-11(2-4-12)9-23(13-5-6-13)16(24)14-10-25-15(22-14)7-8-21/h1-4,10,13H,5-9,21H2. The Kier molecular flexibility index (Phi) is 5.10. The van der Waals surface area contributed by atoms with E-state index < -0.39 is 11.7 Å². The van der Waals surface area contributed by atoms with Gasteiger partial charge in [0.1, 0.15) is 5.69 Å². The van der Waals surface area contributed by atoms with Crippen LogP contribution in [-0.2, 0) is 19.1 Å². The first-order valence-electron chi connectivity index (χ1n) is 8.00. The third kappa shape index (κ3) is 4.38. The lowest BCUT2D eigenvalue weighted by atomic mass is 10.1. The van der Waals surface area contributed by atoms with Crippen LogP contribution >= 0.6 is 11.3 Å². The number of alkyl halides is 3. The number of benzene rings is 1. The van der Waals surface area contributed by atoms with Crippen molar-refractivity contribution in [3.05, 3.63) is 51.5 Å². The van der Waals surface area contributed by atoms with Gasteiger partial charge in [-0.15, -0.1) is 11.3 Å². The molecule has 8 heteroatoms. The number of halogens is 3.